The van der Waals surface area contributed by atoms with Crippen molar-refractivity contribution in [3.8, 4) is 0 Å². The molecule has 0 aromatic heterocycles. The van der Waals surface area contributed by atoms with Gasteiger partial charge in [0, 0.05) is 12.3 Å². The van der Waals surface area contributed by atoms with Gasteiger partial charge in [-0.3, -0.25) is 0 Å². The lowest BCUT2D eigenvalue weighted by molar-refractivity contribution is 0.0868. The number of rotatable bonds is 4. The minimum Gasteiger partial charge on any atom is -0.389 e. The molecule has 3 unspecified atom stereocenters. The van der Waals surface area contributed by atoms with Crippen LogP contribution in [0, 0.1) is 0 Å². The van der Waals surface area contributed by atoms with Gasteiger partial charge < -0.3 is 20.5 Å². The maximum atomic E-state index is 11.9. The summed E-state index contributed by atoms with van der Waals surface area (Å²) in [6.07, 6.45) is 1.59. The Morgan fingerprint density at radius 1 is 1.45 bits per heavy atom. The van der Waals surface area contributed by atoms with Crippen LogP contribution >= 0.6 is 0 Å². The average Bonchev–Trinajstić information content (AvgIpc) is 2.92. The van der Waals surface area contributed by atoms with Crippen molar-refractivity contribution in [1.82, 2.24) is 5.32 Å². The number of hydrogen-bond donors (Lipinski definition) is 3. The molecular weight excluding hydrogens is 256 g/mol. The minimum absolute atomic E-state index is 0.0163. The van der Waals surface area contributed by atoms with Crippen molar-refractivity contribution in [2.24, 2.45) is 0 Å². The second kappa shape index (κ2) is 6.72. The molecule has 2 amide bonds. The van der Waals surface area contributed by atoms with E-state index in [1.807, 2.05) is 13.0 Å². The van der Waals surface area contributed by atoms with Gasteiger partial charge in [-0.05, 0) is 44.4 Å². The number of anilines is 1. The highest BCUT2D eigenvalue weighted by Crippen LogP contribution is 2.18. The molecule has 2 rings (SSSR count). The third-order valence-corrected chi connectivity index (χ3v) is 3.51. The van der Waals surface area contributed by atoms with Crippen LogP contribution in [0.15, 0.2) is 24.3 Å². The van der Waals surface area contributed by atoms with Gasteiger partial charge in [0.1, 0.15) is 0 Å². The topological polar surface area (TPSA) is 70.6 Å². The fourth-order valence-corrected chi connectivity index (χ4v) is 2.34. The zero-order valence-corrected chi connectivity index (χ0v) is 11.9. The molecule has 1 aliphatic heterocycles. The molecule has 5 nitrogen and oxygen atoms in total. The normalized spacial score (nSPS) is 21.2. The molecule has 0 aliphatic carbocycles. The number of urea groups is 1. The van der Waals surface area contributed by atoms with Crippen LogP contribution in [0.1, 0.15) is 38.4 Å². The van der Waals surface area contributed by atoms with Crippen LogP contribution in [0.4, 0.5) is 10.5 Å². The first kappa shape index (κ1) is 14.8. The van der Waals surface area contributed by atoms with Crippen LogP contribution in [0.25, 0.3) is 0 Å². The molecule has 1 saturated heterocycles. The largest absolute Gasteiger partial charge is 0.389 e. The molecule has 3 N–H and O–H groups in total. The fourth-order valence-electron chi connectivity index (χ4n) is 2.34. The van der Waals surface area contributed by atoms with E-state index in [1.54, 1.807) is 25.1 Å². The van der Waals surface area contributed by atoms with Crippen LogP contribution in [-0.4, -0.2) is 29.9 Å². The van der Waals surface area contributed by atoms with Gasteiger partial charge in [0.25, 0.3) is 0 Å². The lowest BCUT2D eigenvalue weighted by Gasteiger charge is -2.20. The Hall–Kier alpha value is -1.59. The van der Waals surface area contributed by atoms with Gasteiger partial charge in [-0.15, -0.1) is 0 Å². The van der Waals surface area contributed by atoms with Crippen molar-refractivity contribution in [3.05, 3.63) is 29.8 Å². The maximum Gasteiger partial charge on any atom is 0.319 e. The molecule has 1 aliphatic rings. The summed E-state index contributed by atoms with van der Waals surface area (Å²) in [4.78, 5) is 11.9. The monoisotopic (exact) mass is 278 g/mol. The number of aliphatic hydroxyl groups is 1. The zero-order valence-electron chi connectivity index (χ0n) is 11.9. The van der Waals surface area contributed by atoms with E-state index in [-0.39, 0.29) is 18.2 Å². The lowest BCUT2D eigenvalue weighted by atomic mass is 10.1. The number of carbonyl (C=O) groups is 1. The van der Waals surface area contributed by atoms with E-state index in [0.29, 0.717) is 5.69 Å². The average molecular weight is 278 g/mol. The predicted molar refractivity (Wildman–Crippen MR) is 77.7 cm³/mol. The molecule has 0 saturated carbocycles. The summed E-state index contributed by atoms with van der Waals surface area (Å²) in [7, 11) is 0. The standard InChI is InChI=1S/C15H22N2O3/c1-10(14-7-4-8-20-14)16-15(19)17-13-6-3-5-12(9-13)11(2)18/h3,5-6,9-11,14,18H,4,7-8H2,1-2H3,(H2,16,17,19). The summed E-state index contributed by atoms with van der Waals surface area (Å²) in [6.45, 7) is 4.41. The number of nitrogens with one attached hydrogen (secondary N) is 2. The number of amides is 2. The molecule has 1 aromatic rings. The molecule has 1 fully saturated rings. The molecule has 3 atom stereocenters. The van der Waals surface area contributed by atoms with Crippen molar-refractivity contribution < 1.29 is 14.6 Å². The van der Waals surface area contributed by atoms with Crippen molar-refractivity contribution in [2.75, 3.05) is 11.9 Å². The Morgan fingerprint density at radius 2 is 2.25 bits per heavy atom. The summed E-state index contributed by atoms with van der Waals surface area (Å²) >= 11 is 0. The number of hydrogen-bond acceptors (Lipinski definition) is 3. The van der Waals surface area contributed by atoms with Crippen molar-refractivity contribution in [3.63, 3.8) is 0 Å². The number of benzene rings is 1. The second-order valence-electron chi connectivity index (χ2n) is 5.24. The first-order valence-corrected chi connectivity index (χ1v) is 7.03. The third-order valence-electron chi connectivity index (χ3n) is 3.51. The predicted octanol–water partition coefficient (Wildman–Crippen LogP) is 2.43. The van der Waals surface area contributed by atoms with Gasteiger partial charge in [-0.25, -0.2) is 4.79 Å². The summed E-state index contributed by atoms with van der Waals surface area (Å²) in [5.74, 6) is 0. The number of aliphatic hydroxyl groups excluding tert-OH is 1. The summed E-state index contributed by atoms with van der Waals surface area (Å²) in [6, 6.07) is 6.92. The van der Waals surface area contributed by atoms with Crippen molar-refractivity contribution in [2.45, 2.75) is 44.9 Å². The minimum atomic E-state index is -0.550. The van der Waals surface area contributed by atoms with Crippen LogP contribution in [0.5, 0.6) is 0 Å². The molecule has 1 aromatic carbocycles. The van der Waals surface area contributed by atoms with Crippen LogP contribution in [-0.2, 0) is 4.74 Å². The van der Waals surface area contributed by atoms with E-state index >= 15 is 0 Å². The molecule has 1 heterocycles. The Morgan fingerprint density at radius 3 is 2.90 bits per heavy atom. The summed E-state index contributed by atoms with van der Waals surface area (Å²) in [5, 5.41) is 15.2. The van der Waals surface area contributed by atoms with E-state index in [1.165, 1.54) is 0 Å². The van der Waals surface area contributed by atoms with Gasteiger partial charge >= 0.3 is 6.03 Å². The van der Waals surface area contributed by atoms with Crippen LogP contribution in [0.3, 0.4) is 0 Å². The summed E-state index contributed by atoms with van der Waals surface area (Å²) in [5.41, 5.74) is 1.44. The van der Waals surface area contributed by atoms with Gasteiger partial charge in [0.15, 0.2) is 0 Å². The lowest BCUT2D eigenvalue weighted by Crippen LogP contribution is -2.42. The third kappa shape index (κ3) is 3.95. The molecule has 0 radical (unpaired) electrons. The van der Waals surface area contributed by atoms with E-state index in [9.17, 15) is 9.90 Å². The molecule has 0 bridgehead atoms. The summed E-state index contributed by atoms with van der Waals surface area (Å²) < 4.78 is 5.54. The zero-order chi connectivity index (χ0) is 14.5. The Kier molecular flexibility index (Phi) is 4.98. The quantitative estimate of drug-likeness (QED) is 0.792. The smallest absolute Gasteiger partial charge is 0.319 e. The molecule has 110 valence electrons. The first-order valence-electron chi connectivity index (χ1n) is 7.03. The second-order valence-corrected chi connectivity index (χ2v) is 5.24. The Labute approximate surface area is 119 Å². The van der Waals surface area contributed by atoms with E-state index in [0.717, 1.165) is 25.0 Å². The van der Waals surface area contributed by atoms with Crippen LogP contribution in [0.2, 0.25) is 0 Å². The Bertz CT molecular complexity index is 456. The van der Waals surface area contributed by atoms with Gasteiger partial charge in [0.05, 0.1) is 18.2 Å². The number of ether oxygens (including phenoxy) is 1. The molecule has 5 heteroatoms. The SMILES string of the molecule is CC(O)c1cccc(NC(=O)NC(C)C2CCCO2)c1. The Balaban J connectivity index is 1.89. The van der Waals surface area contributed by atoms with Gasteiger partial charge in [-0.2, -0.15) is 0 Å². The van der Waals surface area contributed by atoms with Crippen molar-refractivity contribution in [1.29, 1.82) is 0 Å². The molecular formula is C15H22N2O3. The van der Waals surface area contributed by atoms with Gasteiger partial charge in [-0.1, -0.05) is 12.1 Å². The number of carbonyl (C=O) groups excluding carboxylic acids is 1. The highest BCUT2D eigenvalue weighted by Gasteiger charge is 2.23. The van der Waals surface area contributed by atoms with E-state index in [4.69, 9.17) is 4.74 Å². The molecule has 20 heavy (non-hydrogen) atoms. The van der Waals surface area contributed by atoms with Crippen LogP contribution < -0.4 is 10.6 Å². The molecule has 0 spiro atoms. The van der Waals surface area contributed by atoms with Crippen molar-refractivity contribution >= 4 is 11.7 Å². The highest BCUT2D eigenvalue weighted by molar-refractivity contribution is 5.89. The highest BCUT2D eigenvalue weighted by atomic mass is 16.5. The van der Waals surface area contributed by atoms with E-state index < -0.39 is 6.10 Å². The van der Waals surface area contributed by atoms with Gasteiger partial charge in [0.2, 0.25) is 0 Å². The van der Waals surface area contributed by atoms with E-state index in [2.05, 4.69) is 10.6 Å². The first-order chi connectivity index (χ1) is 9.56. The maximum absolute atomic E-state index is 11.9. The fraction of sp³-hybridized carbons (Fsp3) is 0.533.